The van der Waals surface area contributed by atoms with E-state index in [9.17, 15) is 8.42 Å². The molecule has 0 amide bonds. The van der Waals surface area contributed by atoms with Gasteiger partial charge in [0, 0.05) is 5.92 Å². The SMILES string of the molecule is Cc1ccc(S(=O)(=O)OC[C@@H]2C(C)[C@H]3C=C[C@@H]2O3)cc1. The quantitative estimate of drug-likeness (QED) is 0.631. The topological polar surface area (TPSA) is 52.6 Å². The third-order valence-corrected chi connectivity index (χ3v) is 5.44. The van der Waals surface area contributed by atoms with Gasteiger partial charge in [0.05, 0.1) is 23.7 Å². The van der Waals surface area contributed by atoms with E-state index >= 15 is 0 Å². The second kappa shape index (κ2) is 4.98. The molecule has 2 heterocycles. The first-order valence-corrected chi connectivity index (χ1v) is 8.18. The van der Waals surface area contributed by atoms with Gasteiger partial charge in [0.2, 0.25) is 0 Å². The van der Waals surface area contributed by atoms with Crippen LogP contribution in [0.1, 0.15) is 12.5 Å². The number of hydrogen-bond donors (Lipinski definition) is 0. The zero-order valence-electron chi connectivity index (χ0n) is 11.5. The Labute approximate surface area is 119 Å². The van der Waals surface area contributed by atoms with Crippen LogP contribution in [0, 0.1) is 18.8 Å². The highest BCUT2D eigenvalue weighted by atomic mass is 32.2. The molecule has 0 radical (unpaired) electrons. The van der Waals surface area contributed by atoms with Gasteiger partial charge in [-0.1, -0.05) is 36.8 Å². The van der Waals surface area contributed by atoms with Gasteiger partial charge in [-0.3, -0.25) is 4.18 Å². The van der Waals surface area contributed by atoms with Gasteiger partial charge in [-0.2, -0.15) is 8.42 Å². The Kier molecular flexibility index (Phi) is 3.44. The van der Waals surface area contributed by atoms with Gasteiger partial charge in [0.1, 0.15) is 0 Å². The molecule has 20 heavy (non-hydrogen) atoms. The van der Waals surface area contributed by atoms with Crippen LogP contribution in [-0.2, 0) is 19.0 Å². The van der Waals surface area contributed by atoms with Crippen molar-refractivity contribution in [1.29, 1.82) is 0 Å². The molecule has 2 aliphatic heterocycles. The first-order chi connectivity index (χ1) is 9.47. The maximum atomic E-state index is 12.1. The van der Waals surface area contributed by atoms with Crippen molar-refractivity contribution in [3.05, 3.63) is 42.0 Å². The van der Waals surface area contributed by atoms with Gasteiger partial charge >= 0.3 is 0 Å². The molecule has 2 aliphatic rings. The molecule has 108 valence electrons. The van der Waals surface area contributed by atoms with Gasteiger partial charge in [-0.05, 0) is 25.0 Å². The van der Waals surface area contributed by atoms with Crippen LogP contribution in [-0.4, -0.2) is 27.2 Å². The van der Waals surface area contributed by atoms with E-state index in [0.29, 0.717) is 5.92 Å². The lowest BCUT2D eigenvalue weighted by atomic mass is 9.85. The Morgan fingerprint density at radius 2 is 1.80 bits per heavy atom. The fraction of sp³-hybridized carbons (Fsp3) is 0.467. The van der Waals surface area contributed by atoms with Crippen LogP contribution >= 0.6 is 0 Å². The second-order valence-electron chi connectivity index (χ2n) is 5.52. The predicted octanol–water partition coefficient (Wildman–Crippen LogP) is 2.29. The summed E-state index contributed by atoms with van der Waals surface area (Å²) in [7, 11) is -3.68. The Hall–Kier alpha value is -1.17. The summed E-state index contributed by atoms with van der Waals surface area (Å²) in [5, 5.41) is 0. The van der Waals surface area contributed by atoms with Gasteiger partial charge in [-0.15, -0.1) is 0 Å². The molecule has 0 spiro atoms. The molecule has 0 aromatic heterocycles. The average Bonchev–Trinajstić information content (AvgIpc) is 2.98. The molecule has 3 rings (SSSR count). The molecule has 1 aromatic rings. The smallest absolute Gasteiger partial charge is 0.296 e. The normalized spacial score (nSPS) is 31.9. The van der Waals surface area contributed by atoms with Crippen molar-refractivity contribution in [2.75, 3.05) is 6.61 Å². The standard InChI is InChI=1S/C15H18O4S/c1-10-3-5-12(6-4-10)20(16,17)18-9-13-11(2)14-7-8-15(13)19-14/h3-8,11,13-15H,9H2,1-2H3/t11?,13-,14-,15+/m1/s1. The summed E-state index contributed by atoms with van der Waals surface area (Å²) >= 11 is 0. The lowest BCUT2D eigenvalue weighted by Crippen LogP contribution is -2.27. The van der Waals surface area contributed by atoms with Crippen LogP contribution in [0.25, 0.3) is 0 Å². The van der Waals surface area contributed by atoms with E-state index in [1.165, 1.54) is 0 Å². The number of rotatable bonds is 4. The highest BCUT2D eigenvalue weighted by Gasteiger charge is 2.43. The number of hydrogen-bond acceptors (Lipinski definition) is 4. The number of fused-ring (bicyclic) bond motifs is 2. The summed E-state index contributed by atoms with van der Waals surface area (Å²) in [6.45, 7) is 4.15. The molecular formula is C15H18O4S. The Bertz CT molecular complexity index is 618. The summed E-state index contributed by atoms with van der Waals surface area (Å²) < 4.78 is 35.2. The third-order valence-electron chi connectivity index (χ3n) is 4.15. The van der Waals surface area contributed by atoms with Crippen molar-refractivity contribution in [2.45, 2.75) is 31.0 Å². The lowest BCUT2D eigenvalue weighted by Gasteiger charge is -2.21. The number of aryl methyl sites for hydroxylation is 1. The molecule has 1 aromatic carbocycles. The minimum Gasteiger partial charge on any atom is -0.366 e. The van der Waals surface area contributed by atoms with Crippen molar-refractivity contribution >= 4 is 10.1 Å². The first kappa shape index (κ1) is 13.8. The van der Waals surface area contributed by atoms with Crippen LogP contribution in [0.2, 0.25) is 0 Å². The highest BCUT2D eigenvalue weighted by molar-refractivity contribution is 7.86. The van der Waals surface area contributed by atoms with Crippen molar-refractivity contribution in [3.8, 4) is 0 Å². The number of benzene rings is 1. The monoisotopic (exact) mass is 294 g/mol. The van der Waals surface area contributed by atoms with Crippen molar-refractivity contribution < 1.29 is 17.3 Å². The van der Waals surface area contributed by atoms with Gasteiger partial charge in [0.15, 0.2) is 0 Å². The molecule has 0 N–H and O–H groups in total. The highest BCUT2D eigenvalue weighted by Crippen LogP contribution is 2.39. The molecule has 5 heteroatoms. The van der Waals surface area contributed by atoms with E-state index in [-0.39, 0.29) is 29.6 Å². The van der Waals surface area contributed by atoms with Gasteiger partial charge in [-0.25, -0.2) is 0 Å². The van der Waals surface area contributed by atoms with Crippen LogP contribution < -0.4 is 0 Å². The largest absolute Gasteiger partial charge is 0.366 e. The fourth-order valence-electron chi connectivity index (χ4n) is 2.76. The Morgan fingerprint density at radius 1 is 1.15 bits per heavy atom. The fourth-order valence-corrected chi connectivity index (χ4v) is 3.71. The van der Waals surface area contributed by atoms with Gasteiger partial charge < -0.3 is 4.74 Å². The predicted molar refractivity (Wildman–Crippen MR) is 74.8 cm³/mol. The Morgan fingerprint density at radius 3 is 2.40 bits per heavy atom. The van der Waals surface area contributed by atoms with Crippen molar-refractivity contribution in [1.82, 2.24) is 0 Å². The van der Waals surface area contributed by atoms with E-state index in [1.807, 2.05) is 19.1 Å². The molecule has 1 saturated heterocycles. The molecule has 0 saturated carbocycles. The maximum Gasteiger partial charge on any atom is 0.296 e. The van der Waals surface area contributed by atoms with E-state index in [1.54, 1.807) is 24.3 Å². The molecule has 0 aliphatic carbocycles. The summed E-state index contributed by atoms with van der Waals surface area (Å²) in [6, 6.07) is 6.68. The minimum atomic E-state index is -3.68. The van der Waals surface area contributed by atoms with Crippen LogP contribution in [0.15, 0.2) is 41.3 Å². The zero-order valence-corrected chi connectivity index (χ0v) is 12.3. The van der Waals surface area contributed by atoms with Crippen molar-refractivity contribution in [2.24, 2.45) is 11.8 Å². The van der Waals surface area contributed by atoms with E-state index in [2.05, 4.69) is 6.92 Å². The summed E-state index contributed by atoms with van der Waals surface area (Å²) in [5.74, 6) is 0.392. The molecule has 4 nitrogen and oxygen atoms in total. The molecule has 4 atom stereocenters. The maximum absolute atomic E-state index is 12.1. The summed E-state index contributed by atoms with van der Waals surface area (Å²) in [4.78, 5) is 0.204. The van der Waals surface area contributed by atoms with Crippen LogP contribution in [0.4, 0.5) is 0 Å². The average molecular weight is 294 g/mol. The van der Waals surface area contributed by atoms with E-state index in [4.69, 9.17) is 8.92 Å². The minimum absolute atomic E-state index is 0.0109. The molecular weight excluding hydrogens is 276 g/mol. The van der Waals surface area contributed by atoms with Crippen LogP contribution in [0.3, 0.4) is 0 Å². The first-order valence-electron chi connectivity index (χ1n) is 6.77. The third kappa shape index (κ3) is 2.41. The summed E-state index contributed by atoms with van der Waals surface area (Å²) in [5.41, 5.74) is 1.02. The second-order valence-corrected chi connectivity index (χ2v) is 7.14. The molecule has 1 fully saturated rings. The summed E-state index contributed by atoms with van der Waals surface area (Å²) in [6.07, 6.45) is 4.14. The number of ether oxygens (including phenoxy) is 1. The molecule has 1 unspecified atom stereocenters. The van der Waals surface area contributed by atoms with Crippen LogP contribution in [0.5, 0.6) is 0 Å². The van der Waals surface area contributed by atoms with Crippen molar-refractivity contribution in [3.63, 3.8) is 0 Å². The van der Waals surface area contributed by atoms with E-state index in [0.717, 1.165) is 5.56 Å². The molecule has 2 bridgehead atoms. The zero-order chi connectivity index (χ0) is 14.3. The lowest BCUT2D eigenvalue weighted by molar-refractivity contribution is 0.0972. The Balaban J connectivity index is 1.69. The van der Waals surface area contributed by atoms with Gasteiger partial charge in [0.25, 0.3) is 10.1 Å². The van der Waals surface area contributed by atoms with E-state index < -0.39 is 10.1 Å².